The molecule has 0 aliphatic carbocycles. The second kappa shape index (κ2) is 11.4. The maximum Gasteiger partial charge on any atom is 0.191 e. The molecule has 0 amide bonds. The van der Waals surface area contributed by atoms with E-state index in [1.807, 2.05) is 7.05 Å². The van der Waals surface area contributed by atoms with Crippen LogP contribution in [-0.2, 0) is 19.4 Å². The predicted molar refractivity (Wildman–Crippen MR) is 125 cm³/mol. The van der Waals surface area contributed by atoms with Gasteiger partial charge < -0.3 is 15.2 Å². The molecule has 0 fully saturated rings. The first-order valence-corrected chi connectivity index (χ1v) is 10.1. The van der Waals surface area contributed by atoms with Crippen LogP contribution >= 0.6 is 24.0 Å². The third-order valence-electron chi connectivity index (χ3n) is 5.29. The molecule has 7 heteroatoms. The number of hydrogen-bond acceptors (Lipinski definition) is 3. The fourth-order valence-electron chi connectivity index (χ4n) is 3.73. The van der Waals surface area contributed by atoms with Gasteiger partial charge in [-0.05, 0) is 44.2 Å². The van der Waals surface area contributed by atoms with Crippen LogP contribution in [0, 0.1) is 6.92 Å². The first-order chi connectivity index (χ1) is 13.2. The van der Waals surface area contributed by atoms with E-state index in [1.54, 1.807) is 0 Å². The van der Waals surface area contributed by atoms with E-state index in [9.17, 15) is 0 Å². The van der Waals surface area contributed by atoms with Crippen LogP contribution in [0.3, 0.4) is 0 Å². The maximum atomic E-state index is 4.41. The molecule has 0 saturated carbocycles. The molecule has 3 rings (SSSR count). The number of nitrogens with one attached hydrogen (secondary N) is 2. The fourth-order valence-corrected chi connectivity index (χ4v) is 3.73. The van der Waals surface area contributed by atoms with Gasteiger partial charge >= 0.3 is 0 Å². The molecule has 2 aromatic rings. The number of benzene rings is 1. The van der Waals surface area contributed by atoms with Gasteiger partial charge in [-0.25, -0.2) is 0 Å². The molecule has 1 aromatic heterocycles. The molecule has 154 valence electrons. The Hall–Kier alpha value is -1.64. The number of aryl methyl sites for hydroxylation is 3. The normalized spacial score (nSPS) is 15.2. The lowest BCUT2D eigenvalue weighted by Crippen LogP contribution is -2.39. The smallest absolute Gasteiger partial charge is 0.191 e. The Labute approximate surface area is 185 Å². The van der Waals surface area contributed by atoms with Gasteiger partial charge in [0.05, 0.1) is 6.04 Å². The van der Waals surface area contributed by atoms with Crippen molar-refractivity contribution in [1.82, 2.24) is 25.4 Å². The van der Waals surface area contributed by atoms with E-state index in [1.165, 1.54) is 36.2 Å². The zero-order valence-corrected chi connectivity index (χ0v) is 19.6. The summed E-state index contributed by atoms with van der Waals surface area (Å²) in [5.41, 5.74) is 2.59. The molecule has 1 aliphatic heterocycles. The molecule has 1 unspecified atom stereocenters. The Bertz CT molecular complexity index is 770. The zero-order chi connectivity index (χ0) is 19.1. The van der Waals surface area contributed by atoms with Crippen LogP contribution < -0.4 is 10.6 Å². The average Bonchev–Trinajstić information content (AvgIpc) is 2.90. The van der Waals surface area contributed by atoms with Crippen LogP contribution in [0.2, 0.25) is 0 Å². The van der Waals surface area contributed by atoms with Crippen molar-refractivity contribution < 1.29 is 0 Å². The minimum atomic E-state index is 0. The van der Waals surface area contributed by atoms with Gasteiger partial charge in [0.1, 0.15) is 11.6 Å². The topological polar surface area (TPSA) is 67.1 Å². The lowest BCUT2D eigenvalue weighted by Gasteiger charge is -2.19. The fraction of sp³-hybridized carbons (Fsp3) is 0.571. The highest BCUT2D eigenvalue weighted by atomic mass is 127. The standard InChI is InChI=1S/C21H32N6.HI/c1-16-10-6-7-11-18(16)17(2)24-21(22-3)23-14-9-13-20-26-25-19-12-5-4-8-15-27(19)20;/h6-7,10-11,17H,4-5,8-9,12-15H2,1-3H3,(H2,22,23,24);1H. The average molecular weight is 496 g/mol. The Kier molecular flexibility index (Phi) is 9.21. The van der Waals surface area contributed by atoms with Gasteiger partial charge in [0, 0.05) is 33.0 Å². The molecule has 0 saturated heterocycles. The maximum absolute atomic E-state index is 4.41. The van der Waals surface area contributed by atoms with E-state index in [4.69, 9.17) is 0 Å². The molecule has 1 aromatic carbocycles. The van der Waals surface area contributed by atoms with Crippen LogP contribution in [0.15, 0.2) is 29.3 Å². The second-order valence-corrected chi connectivity index (χ2v) is 7.32. The van der Waals surface area contributed by atoms with Crippen LogP contribution in [0.5, 0.6) is 0 Å². The molecule has 0 radical (unpaired) electrons. The molecule has 1 aliphatic rings. The van der Waals surface area contributed by atoms with Crippen LogP contribution in [0.1, 0.15) is 61.4 Å². The summed E-state index contributed by atoms with van der Waals surface area (Å²) in [6.07, 6.45) is 6.80. The molecular formula is C21H33IN6. The Balaban J connectivity index is 0.00000280. The summed E-state index contributed by atoms with van der Waals surface area (Å²) in [5.74, 6) is 3.13. The second-order valence-electron chi connectivity index (χ2n) is 7.32. The highest BCUT2D eigenvalue weighted by Gasteiger charge is 2.14. The van der Waals surface area contributed by atoms with Gasteiger partial charge in [-0.15, -0.1) is 34.2 Å². The molecule has 28 heavy (non-hydrogen) atoms. The number of guanidine groups is 1. The van der Waals surface area contributed by atoms with E-state index in [2.05, 4.69) is 68.5 Å². The number of hydrogen-bond donors (Lipinski definition) is 2. The SMILES string of the molecule is CN=C(NCCCc1nnc2n1CCCCC2)NC(C)c1ccccc1C.I. The van der Waals surface area contributed by atoms with E-state index < -0.39 is 0 Å². The van der Waals surface area contributed by atoms with Gasteiger partial charge in [0.25, 0.3) is 0 Å². The first-order valence-electron chi connectivity index (χ1n) is 10.1. The Morgan fingerprint density at radius 1 is 1.21 bits per heavy atom. The summed E-state index contributed by atoms with van der Waals surface area (Å²) in [7, 11) is 1.82. The minimum absolute atomic E-state index is 0. The van der Waals surface area contributed by atoms with E-state index >= 15 is 0 Å². The molecule has 6 nitrogen and oxygen atoms in total. The summed E-state index contributed by atoms with van der Waals surface area (Å²) in [6.45, 7) is 6.25. The zero-order valence-electron chi connectivity index (χ0n) is 17.2. The van der Waals surface area contributed by atoms with E-state index in [-0.39, 0.29) is 30.0 Å². The quantitative estimate of drug-likeness (QED) is 0.277. The third-order valence-corrected chi connectivity index (χ3v) is 5.29. The van der Waals surface area contributed by atoms with Crippen molar-refractivity contribution in [2.75, 3.05) is 13.6 Å². The van der Waals surface area contributed by atoms with E-state index in [0.29, 0.717) is 0 Å². The minimum Gasteiger partial charge on any atom is -0.356 e. The number of halogens is 1. The number of nitrogens with zero attached hydrogens (tertiary/aromatic N) is 4. The summed E-state index contributed by atoms with van der Waals surface area (Å²) >= 11 is 0. The number of fused-ring (bicyclic) bond motifs is 1. The van der Waals surface area contributed by atoms with Crippen molar-refractivity contribution in [3.05, 3.63) is 47.0 Å². The number of rotatable bonds is 6. The Morgan fingerprint density at radius 3 is 2.82 bits per heavy atom. The molecular weight excluding hydrogens is 463 g/mol. The Morgan fingerprint density at radius 2 is 2.04 bits per heavy atom. The predicted octanol–water partition coefficient (Wildman–Crippen LogP) is 3.79. The van der Waals surface area contributed by atoms with Gasteiger partial charge in [-0.2, -0.15) is 0 Å². The van der Waals surface area contributed by atoms with Crippen molar-refractivity contribution in [1.29, 1.82) is 0 Å². The van der Waals surface area contributed by atoms with Crippen molar-refractivity contribution >= 4 is 29.9 Å². The largest absolute Gasteiger partial charge is 0.356 e. The van der Waals surface area contributed by atoms with Gasteiger partial charge in [0.2, 0.25) is 0 Å². The lowest BCUT2D eigenvalue weighted by atomic mass is 10.0. The van der Waals surface area contributed by atoms with Crippen molar-refractivity contribution in [3.63, 3.8) is 0 Å². The van der Waals surface area contributed by atoms with Crippen molar-refractivity contribution in [2.24, 2.45) is 4.99 Å². The first kappa shape index (κ1) is 22.6. The summed E-state index contributed by atoms with van der Waals surface area (Å²) in [4.78, 5) is 4.36. The highest BCUT2D eigenvalue weighted by Crippen LogP contribution is 2.17. The van der Waals surface area contributed by atoms with E-state index in [0.717, 1.165) is 44.1 Å². The molecule has 0 spiro atoms. The van der Waals surface area contributed by atoms with Crippen LogP contribution in [-0.4, -0.2) is 34.3 Å². The lowest BCUT2D eigenvalue weighted by molar-refractivity contribution is 0.592. The third kappa shape index (κ3) is 5.93. The van der Waals surface area contributed by atoms with Gasteiger partial charge in [-0.1, -0.05) is 30.7 Å². The summed E-state index contributed by atoms with van der Waals surface area (Å²) < 4.78 is 2.33. The summed E-state index contributed by atoms with van der Waals surface area (Å²) in [6, 6.07) is 8.68. The van der Waals surface area contributed by atoms with Crippen LogP contribution in [0.25, 0.3) is 0 Å². The van der Waals surface area contributed by atoms with Gasteiger partial charge in [0.15, 0.2) is 5.96 Å². The molecule has 1 atom stereocenters. The van der Waals surface area contributed by atoms with Crippen molar-refractivity contribution in [2.45, 2.75) is 65.0 Å². The number of aromatic nitrogens is 3. The van der Waals surface area contributed by atoms with Crippen molar-refractivity contribution in [3.8, 4) is 0 Å². The number of aliphatic imine (C=N–C) groups is 1. The van der Waals surface area contributed by atoms with Crippen LogP contribution in [0.4, 0.5) is 0 Å². The van der Waals surface area contributed by atoms with Gasteiger partial charge in [-0.3, -0.25) is 4.99 Å². The summed E-state index contributed by atoms with van der Waals surface area (Å²) in [5, 5.41) is 15.7. The monoisotopic (exact) mass is 496 g/mol. The molecule has 0 bridgehead atoms. The highest BCUT2D eigenvalue weighted by molar-refractivity contribution is 14.0. The molecule has 2 heterocycles. The molecule has 2 N–H and O–H groups in total.